The molecule has 0 nitrogen and oxygen atoms in total. The van der Waals surface area contributed by atoms with E-state index in [4.69, 9.17) is 0 Å². The molecule has 0 saturated heterocycles. The number of benzene rings is 4. The molecule has 0 amide bonds. The molecule has 0 atom stereocenters. The molecule has 166 valence electrons. The maximum atomic E-state index is 3.61. The molecule has 0 saturated carbocycles. The zero-order chi connectivity index (χ0) is 21.8. The van der Waals surface area contributed by atoms with Crippen LogP contribution in [0.15, 0.2) is 115 Å². The minimum Gasteiger partial charge on any atom is -0.147 e. The standard InChI is InChI=1S/C18H13.C13H10.2ClH.Zr/c1-2-6-13(5-1)14-9-10-18-16(11-14)12-15-7-3-4-8-17(15)18;1-3-7-12(8-4-1)11-13-9-5-2-6-10-13;;;/h1-5,7-10H,6,12H2;1-10H;2*1H;/q-1;;;;+2/p-2. The van der Waals surface area contributed by atoms with Crippen LogP contribution in [0.4, 0.5) is 0 Å². The van der Waals surface area contributed by atoms with E-state index in [0.29, 0.717) is 0 Å². The van der Waals surface area contributed by atoms with E-state index in [1.54, 1.807) is 0 Å². The van der Waals surface area contributed by atoms with Crippen molar-refractivity contribution in [3.8, 4) is 11.1 Å². The Balaban J connectivity index is 0.000000186. The molecular weight excluding hydrogens is 534 g/mol. The molecule has 4 aromatic carbocycles. The average Bonchev–Trinajstić information content (AvgIpc) is 3.53. The molecule has 0 bridgehead atoms. The Morgan fingerprint density at radius 2 is 1.29 bits per heavy atom. The summed E-state index contributed by atoms with van der Waals surface area (Å²) < 4.78 is 1.42. The summed E-state index contributed by atoms with van der Waals surface area (Å²) >= 11 is 1.46. The molecule has 4 aromatic rings. The number of hydrogen-bond acceptors (Lipinski definition) is 0. The molecule has 6 rings (SSSR count). The first-order valence-electron chi connectivity index (χ1n) is 11.0. The summed E-state index contributed by atoms with van der Waals surface area (Å²) in [6.45, 7) is 0. The molecule has 0 heterocycles. The minimum absolute atomic E-state index is 0. The quantitative estimate of drug-likeness (QED) is 0.293. The zero-order valence-corrected chi connectivity index (χ0v) is 22.6. The Labute approximate surface area is 229 Å². The van der Waals surface area contributed by atoms with Gasteiger partial charge in [-0.25, -0.2) is 0 Å². The van der Waals surface area contributed by atoms with Crippen molar-refractivity contribution in [1.29, 1.82) is 0 Å². The molecule has 2 aliphatic rings. The van der Waals surface area contributed by atoms with Crippen molar-refractivity contribution in [2.24, 2.45) is 0 Å². The van der Waals surface area contributed by atoms with Gasteiger partial charge in [0.15, 0.2) is 0 Å². The van der Waals surface area contributed by atoms with E-state index in [1.807, 2.05) is 0 Å². The minimum atomic E-state index is 0. The normalized spacial score (nSPS) is 12.2. The third kappa shape index (κ3) is 5.84. The molecule has 3 heteroatoms. The van der Waals surface area contributed by atoms with E-state index in [1.165, 1.54) is 72.0 Å². The van der Waals surface area contributed by atoms with Crippen molar-refractivity contribution < 1.29 is 49.0 Å². The van der Waals surface area contributed by atoms with Crippen molar-refractivity contribution in [1.82, 2.24) is 0 Å². The summed E-state index contributed by atoms with van der Waals surface area (Å²) in [4.78, 5) is 0. The SMILES string of the molecule is [Cl-].[Cl-].[Zr+2]=[C](c1ccccc1)c1ccccc1.[c-]1c(C2=CC=CC2)ccc2c1Cc1ccccc1-2. The van der Waals surface area contributed by atoms with Gasteiger partial charge in [-0.15, -0.1) is 41.0 Å². The summed E-state index contributed by atoms with van der Waals surface area (Å²) in [5.74, 6) is 0. The van der Waals surface area contributed by atoms with Gasteiger partial charge in [0.1, 0.15) is 0 Å². The Morgan fingerprint density at radius 3 is 1.91 bits per heavy atom. The van der Waals surface area contributed by atoms with Gasteiger partial charge in [-0.1, -0.05) is 47.5 Å². The van der Waals surface area contributed by atoms with Crippen LogP contribution in [0.1, 0.15) is 34.2 Å². The summed E-state index contributed by atoms with van der Waals surface area (Å²) in [5.41, 5.74) is 10.8. The Kier molecular flexibility index (Phi) is 9.60. The van der Waals surface area contributed by atoms with Crippen LogP contribution in [0.5, 0.6) is 0 Å². The molecule has 2 aliphatic carbocycles. The van der Waals surface area contributed by atoms with Crippen LogP contribution in [-0.2, 0) is 30.7 Å². The number of hydrogen-bond donors (Lipinski definition) is 0. The van der Waals surface area contributed by atoms with E-state index in [9.17, 15) is 0 Å². The molecule has 0 radical (unpaired) electrons. The monoisotopic (exact) mass is 555 g/mol. The topological polar surface area (TPSA) is 0 Å². The molecule has 34 heavy (non-hydrogen) atoms. The van der Waals surface area contributed by atoms with Crippen LogP contribution in [-0.4, -0.2) is 3.21 Å². The van der Waals surface area contributed by atoms with Crippen LogP contribution in [0.3, 0.4) is 0 Å². The molecular formula is C31H23Cl2Zr-. The van der Waals surface area contributed by atoms with Crippen LogP contribution in [0, 0.1) is 6.07 Å². The second-order valence-corrected chi connectivity index (χ2v) is 9.26. The summed E-state index contributed by atoms with van der Waals surface area (Å²) in [5, 5.41) is 0. The van der Waals surface area contributed by atoms with E-state index in [-0.39, 0.29) is 24.8 Å². The molecule has 0 aliphatic heterocycles. The Morgan fingerprint density at radius 1 is 0.676 bits per heavy atom. The average molecular weight is 558 g/mol. The third-order valence-corrected chi connectivity index (χ3v) is 7.36. The molecule has 0 aromatic heterocycles. The number of fused-ring (bicyclic) bond motifs is 3. The molecule has 0 N–H and O–H groups in total. The first-order valence-corrected chi connectivity index (χ1v) is 12.2. The Bertz CT molecular complexity index is 1280. The Hall–Kier alpha value is -2.31. The van der Waals surface area contributed by atoms with Crippen molar-refractivity contribution in [2.45, 2.75) is 12.8 Å². The van der Waals surface area contributed by atoms with E-state index >= 15 is 0 Å². The first kappa shape index (κ1) is 26.3. The predicted octanol–water partition coefficient (Wildman–Crippen LogP) is 1.21. The summed E-state index contributed by atoms with van der Waals surface area (Å²) in [6.07, 6.45) is 8.60. The molecule has 0 spiro atoms. The fourth-order valence-electron chi connectivity index (χ4n) is 4.27. The molecule has 0 fully saturated rings. The fourth-order valence-corrected chi connectivity index (χ4v) is 5.09. The van der Waals surface area contributed by atoms with E-state index < -0.39 is 0 Å². The summed E-state index contributed by atoms with van der Waals surface area (Å²) in [7, 11) is 0. The largest absolute Gasteiger partial charge is 0.147 e. The first-order chi connectivity index (χ1) is 15.8. The predicted molar refractivity (Wildman–Crippen MR) is 131 cm³/mol. The maximum absolute atomic E-state index is 3.61. The maximum Gasteiger partial charge on any atom is -0.0195 e. The molecule has 0 unspecified atom stereocenters. The van der Waals surface area contributed by atoms with Gasteiger partial charge in [0.05, 0.1) is 0 Å². The van der Waals surface area contributed by atoms with Gasteiger partial charge in [-0.2, -0.15) is 0 Å². The van der Waals surface area contributed by atoms with Crippen molar-refractivity contribution in [3.63, 3.8) is 0 Å². The third-order valence-electron chi connectivity index (χ3n) is 5.94. The fraction of sp³-hybridized carbons (Fsp3) is 0.0645. The van der Waals surface area contributed by atoms with Crippen molar-refractivity contribution >= 4 is 8.78 Å². The van der Waals surface area contributed by atoms with Crippen LogP contribution < -0.4 is 24.8 Å². The van der Waals surface area contributed by atoms with Gasteiger partial charge >= 0.3 is 99.2 Å². The van der Waals surface area contributed by atoms with Gasteiger partial charge < -0.3 is 24.8 Å². The smallest absolute Gasteiger partial charge is 0.0195 e. The summed E-state index contributed by atoms with van der Waals surface area (Å²) in [6, 6.07) is 37.8. The second-order valence-electron chi connectivity index (χ2n) is 8.03. The van der Waals surface area contributed by atoms with Gasteiger partial charge in [0.2, 0.25) is 0 Å². The number of halogens is 2. The van der Waals surface area contributed by atoms with E-state index in [2.05, 4.69) is 121 Å². The van der Waals surface area contributed by atoms with Gasteiger partial charge in [0.25, 0.3) is 0 Å². The van der Waals surface area contributed by atoms with E-state index in [0.717, 1.165) is 12.8 Å². The van der Waals surface area contributed by atoms with Crippen LogP contribution in [0.2, 0.25) is 0 Å². The van der Waals surface area contributed by atoms with Crippen LogP contribution >= 0.6 is 0 Å². The van der Waals surface area contributed by atoms with Gasteiger partial charge in [-0.3, -0.25) is 0 Å². The number of rotatable bonds is 3. The van der Waals surface area contributed by atoms with Gasteiger partial charge in [-0.05, 0) is 18.4 Å². The zero-order valence-electron chi connectivity index (χ0n) is 18.6. The van der Waals surface area contributed by atoms with Crippen molar-refractivity contribution in [2.75, 3.05) is 0 Å². The van der Waals surface area contributed by atoms with Crippen molar-refractivity contribution in [3.05, 3.63) is 149 Å². The van der Waals surface area contributed by atoms with Gasteiger partial charge in [0, 0.05) is 0 Å². The number of allylic oxidation sites excluding steroid dienone is 4. The second kappa shape index (κ2) is 12.4. The van der Waals surface area contributed by atoms with Crippen LogP contribution in [0.25, 0.3) is 16.7 Å².